The summed E-state index contributed by atoms with van der Waals surface area (Å²) < 4.78 is 5.93. The van der Waals surface area contributed by atoms with Gasteiger partial charge in [0.2, 0.25) is 5.91 Å². The second-order valence-electron chi connectivity index (χ2n) is 7.73. The zero-order chi connectivity index (χ0) is 17.3. The zero-order valence-corrected chi connectivity index (χ0v) is 16.1. The Balaban J connectivity index is 1.48. The lowest BCUT2D eigenvalue weighted by Gasteiger charge is -2.58. The molecule has 0 bridgehead atoms. The molecular weight excluding hydrogens is 322 g/mol. The van der Waals surface area contributed by atoms with Gasteiger partial charge in [-0.25, -0.2) is 4.98 Å². The minimum Gasteiger partial charge on any atom is -0.375 e. The number of aromatic nitrogens is 1. The minimum atomic E-state index is 0.0944. The van der Waals surface area contributed by atoms with Crippen molar-refractivity contribution in [3.8, 4) is 0 Å². The number of piperidine rings is 1. The second-order valence-corrected chi connectivity index (χ2v) is 8.79. The van der Waals surface area contributed by atoms with Gasteiger partial charge in [-0.1, -0.05) is 13.8 Å². The molecule has 0 aromatic carbocycles. The molecule has 0 radical (unpaired) electrons. The van der Waals surface area contributed by atoms with Crippen LogP contribution in [0.5, 0.6) is 0 Å². The third-order valence-electron chi connectivity index (χ3n) is 5.40. The summed E-state index contributed by atoms with van der Waals surface area (Å²) in [6.07, 6.45) is 2.30. The van der Waals surface area contributed by atoms with Crippen molar-refractivity contribution in [1.82, 2.24) is 14.8 Å². The van der Waals surface area contributed by atoms with Gasteiger partial charge in [-0.2, -0.15) is 0 Å². The van der Waals surface area contributed by atoms with E-state index in [-0.39, 0.29) is 17.4 Å². The summed E-state index contributed by atoms with van der Waals surface area (Å²) in [5.41, 5.74) is 1.21. The van der Waals surface area contributed by atoms with Crippen LogP contribution in [-0.4, -0.2) is 59.5 Å². The van der Waals surface area contributed by atoms with Crippen molar-refractivity contribution >= 4 is 17.2 Å². The molecule has 1 aromatic heterocycles. The van der Waals surface area contributed by atoms with Gasteiger partial charge in [0.25, 0.3) is 0 Å². The van der Waals surface area contributed by atoms with E-state index in [0.717, 1.165) is 43.4 Å². The summed E-state index contributed by atoms with van der Waals surface area (Å²) in [6, 6.07) is 0. The molecule has 0 unspecified atom stereocenters. The Hall–Kier alpha value is -0.980. The minimum absolute atomic E-state index is 0.0944. The van der Waals surface area contributed by atoms with E-state index in [1.54, 1.807) is 11.3 Å². The van der Waals surface area contributed by atoms with Crippen LogP contribution in [0.2, 0.25) is 0 Å². The van der Waals surface area contributed by atoms with Crippen molar-refractivity contribution in [2.24, 2.45) is 11.8 Å². The summed E-state index contributed by atoms with van der Waals surface area (Å²) in [5, 5.41) is 3.17. The van der Waals surface area contributed by atoms with E-state index in [9.17, 15) is 4.79 Å². The number of thiazole rings is 1. The molecule has 2 saturated heterocycles. The van der Waals surface area contributed by atoms with Crippen LogP contribution >= 0.6 is 11.3 Å². The van der Waals surface area contributed by atoms with Crippen LogP contribution in [0.1, 0.15) is 37.4 Å². The number of nitrogens with zero attached hydrogens (tertiary/aromatic N) is 3. The Kier molecular flexibility index (Phi) is 5.27. The third kappa shape index (κ3) is 3.65. The van der Waals surface area contributed by atoms with Crippen LogP contribution < -0.4 is 0 Å². The molecule has 24 heavy (non-hydrogen) atoms. The molecule has 5 nitrogen and oxygen atoms in total. The number of aryl methyl sites for hydroxylation is 1. The molecule has 0 saturated carbocycles. The molecule has 1 spiro atoms. The summed E-state index contributed by atoms with van der Waals surface area (Å²) >= 11 is 1.67. The smallest absolute Gasteiger partial charge is 0.225 e. The Morgan fingerprint density at radius 1 is 1.50 bits per heavy atom. The first-order valence-electron chi connectivity index (χ1n) is 8.88. The number of rotatable bonds is 5. The summed E-state index contributed by atoms with van der Waals surface area (Å²) in [5.74, 6) is 0.959. The zero-order valence-electron chi connectivity index (χ0n) is 15.2. The largest absolute Gasteiger partial charge is 0.375 e. The van der Waals surface area contributed by atoms with Crippen molar-refractivity contribution in [2.75, 3.05) is 33.3 Å². The molecule has 3 heterocycles. The number of carbonyl (C=O) groups is 1. The highest BCUT2D eigenvalue weighted by molar-refractivity contribution is 7.09. The fourth-order valence-corrected chi connectivity index (χ4v) is 4.51. The van der Waals surface area contributed by atoms with E-state index in [4.69, 9.17) is 4.74 Å². The normalized spacial score (nSPS) is 23.7. The van der Waals surface area contributed by atoms with Crippen molar-refractivity contribution in [2.45, 2.75) is 45.8 Å². The lowest BCUT2D eigenvalue weighted by atomic mass is 9.75. The lowest BCUT2D eigenvalue weighted by molar-refractivity contribution is -0.154. The van der Waals surface area contributed by atoms with Crippen LogP contribution in [0.4, 0.5) is 0 Å². The summed E-state index contributed by atoms with van der Waals surface area (Å²) in [7, 11) is 2.20. The average Bonchev–Trinajstić information content (AvgIpc) is 2.91. The van der Waals surface area contributed by atoms with E-state index >= 15 is 0 Å². The molecule has 1 aromatic rings. The highest BCUT2D eigenvalue weighted by atomic mass is 32.1. The number of likely N-dealkylation sites (N-methyl/N-ethyl adjacent to an activating group) is 1. The SMILES string of the molecule is Cc1nc(COC[C@H]2CCN(C)C3(C2)CN(C(=O)C(C)C)C3)cs1. The first-order valence-corrected chi connectivity index (χ1v) is 9.76. The molecule has 6 heteroatoms. The maximum Gasteiger partial charge on any atom is 0.225 e. The molecule has 2 fully saturated rings. The summed E-state index contributed by atoms with van der Waals surface area (Å²) in [6.45, 7) is 10.2. The van der Waals surface area contributed by atoms with Crippen molar-refractivity contribution in [1.29, 1.82) is 0 Å². The van der Waals surface area contributed by atoms with E-state index in [1.165, 1.54) is 6.42 Å². The third-order valence-corrected chi connectivity index (χ3v) is 6.22. The highest BCUT2D eigenvalue weighted by Gasteiger charge is 2.51. The number of hydrogen-bond donors (Lipinski definition) is 0. The van der Waals surface area contributed by atoms with Gasteiger partial charge >= 0.3 is 0 Å². The quantitative estimate of drug-likeness (QED) is 0.818. The molecule has 1 atom stereocenters. The van der Waals surface area contributed by atoms with E-state index in [0.29, 0.717) is 12.5 Å². The average molecular weight is 352 g/mol. The fraction of sp³-hybridized carbons (Fsp3) is 0.778. The Morgan fingerprint density at radius 2 is 2.25 bits per heavy atom. The van der Waals surface area contributed by atoms with Gasteiger partial charge in [0.15, 0.2) is 0 Å². The van der Waals surface area contributed by atoms with Gasteiger partial charge in [-0.15, -0.1) is 11.3 Å². The number of ether oxygens (including phenoxy) is 1. The van der Waals surface area contributed by atoms with Crippen molar-refractivity contribution in [3.63, 3.8) is 0 Å². The molecule has 0 N–H and O–H groups in total. The molecule has 0 aliphatic carbocycles. The van der Waals surface area contributed by atoms with Crippen molar-refractivity contribution in [3.05, 3.63) is 16.1 Å². The lowest BCUT2D eigenvalue weighted by Crippen LogP contribution is -2.73. The van der Waals surface area contributed by atoms with Gasteiger partial charge in [0.05, 0.1) is 29.5 Å². The fourth-order valence-electron chi connectivity index (χ4n) is 3.91. The second kappa shape index (κ2) is 7.10. The molecule has 134 valence electrons. The maximum atomic E-state index is 12.1. The topological polar surface area (TPSA) is 45.7 Å². The number of likely N-dealkylation sites (tertiary alicyclic amines) is 2. The van der Waals surface area contributed by atoms with Crippen LogP contribution in [0, 0.1) is 18.8 Å². The first-order chi connectivity index (χ1) is 11.4. The molecule has 3 rings (SSSR count). The van der Waals surface area contributed by atoms with Gasteiger partial charge in [-0.05, 0) is 39.3 Å². The molecule has 1 amide bonds. The van der Waals surface area contributed by atoms with Crippen LogP contribution in [0.3, 0.4) is 0 Å². The summed E-state index contributed by atoms with van der Waals surface area (Å²) in [4.78, 5) is 21.1. The highest BCUT2D eigenvalue weighted by Crippen LogP contribution is 2.38. The Bertz CT molecular complexity index is 581. The maximum absolute atomic E-state index is 12.1. The Labute approximate surface area is 149 Å². The van der Waals surface area contributed by atoms with Crippen LogP contribution in [0.25, 0.3) is 0 Å². The van der Waals surface area contributed by atoms with Gasteiger partial charge in [-0.3, -0.25) is 9.69 Å². The van der Waals surface area contributed by atoms with Gasteiger partial charge in [0.1, 0.15) is 0 Å². The number of hydrogen-bond acceptors (Lipinski definition) is 5. The van der Waals surface area contributed by atoms with E-state index in [2.05, 4.69) is 22.3 Å². The molecular formula is C18H29N3O2S. The number of carbonyl (C=O) groups excluding carboxylic acids is 1. The van der Waals surface area contributed by atoms with Crippen molar-refractivity contribution < 1.29 is 9.53 Å². The van der Waals surface area contributed by atoms with Crippen LogP contribution in [-0.2, 0) is 16.1 Å². The van der Waals surface area contributed by atoms with Gasteiger partial charge in [0, 0.05) is 24.4 Å². The predicted molar refractivity (Wildman–Crippen MR) is 96.0 cm³/mol. The van der Waals surface area contributed by atoms with E-state index < -0.39 is 0 Å². The van der Waals surface area contributed by atoms with Crippen LogP contribution in [0.15, 0.2) is 5.38 Å². The predicted octanol–water partition coefficient (Wildman–Crippen LogP) is 2.55. The van der Waals surface area contributed by atoms with E-state index in [1.807, 2.05) is 25.7 Å². The standard InChI is InChI=1S/C18H29N3O2S/c1-13(2)17(22)21-11-18(12-21)7-15(5-6-20(18)4)8-23-9-16-10-24-14(3)19-16/h10,13,15H,5-9,11-12H2,1-4H3/t15-/m0/s1. The Morgan fingerprint density at radius 3 is 2.88 bits per heavy atom. The monoisotopic (exact) mass is 351 g/mol. The first kappa shape index (κ1) is 17.8. The number of amides is 1. The van der Waals surface area contributed by atoms with Gasteiger partial charge < -0.3 is 9.64 Å². The molecule has 2 aliphatic rings. The molecule has 2 aliphatic heterocycles.